The Labute approximate surface area is 181 Å². The van der Waals surface area contributed by atoms with Gasteiger partial charge in [-0.15, -0.1) is 0 Å². The number of fused-ring (bicyclic) bond motifs is 1. The fourth-order valence-corrected chi connectivity index (χ4v) is 3.48. The van der Waals surface area contributed by atoms with E-state index in [1.54, 1.807) is 18.2 Å². The predicted octanol–water partition coefficient (Wildman–Crippen LogP) is 2.15. The number of nitrogens with one attached hydrogen (secondary N) is 1. The zero-order valence-electron chi connectivity index (χ0n) is 17.3. The van der Waals surface area contributed by atoms with E-state index in [-0.39, 0.29) is 22.8 Å². The summed E-state index contributed by atoms with van der Waals surface area (Å²) in [5, 5.41) is 14.3. The van der Waals surface area contributed by atoms with Gasteiger partial charge in [0.15, 0.2) is 17.3 Å². The largest absolute Gasteiger partial charge is 0.493 e. The highest BCUT2D eigenvalue weighted by atomic mass is 19.1. The Balaban J connectivity index is 1.95. The first-order chi connectivity index (χ1) is 15.5. The second kappa shape index (κ2) is 8.46. The van der Waals surface area contributed by atoms with Crippen molar-refractivity contribution in [3.05, 3.63) is 70.7 Å². The van der Waals surface area contributed by atoms with E-state index in [9.17, 15) is 14.0 Å². The average molecular weight is 439 g/mol. The second-order valence-corrected chi connectivity index (χ2v) is 6.71. The number of halogens is 1. The van der Waals surface area contributed by atoms with Gasteiger partial charge in [-0.3, -0.25) is 4.79 Å². The van der Waals surface area contributed by atoms with Crippen LogP contribution in [-0.2, 0) is 9.53 Å². The van der Waals surface area contributed by atoms with Crippen molar-refractivity contribution in [1.82, 2.24) is 20.2 Å². The summed E-state index contributed by atoms with van der Waals surface area (Å²) in [5.41, 5.74) is 0.621. The fraction of sp³-hybridized carbons (Fsp3) is 0.190. The molecule has 1 aliphatic rings. The van der Waals surface area contributed by atoms with E-state index in [0.29, 0.717) is 17.1 Å². The van der Waals surface area contributed by atoms with E-state index >= 15 is 0 Å². The Morgan fingerprint density at radius 3 is 2.41 bits per heavy atom. The molecule has 1 aromatic heterocycles. The second-order valence-electron chi connectivity index (χ2n) is 6.71. The third-order valence-corrected chi connectivity index (χ3v) is 4.98. The number of Topliss-reactive ketones (excluding diaryl/α,β-unsaturated/α-hetero) is 1. The zero-order valence-corrected chi connectivity index (χ0v) is 17.3. The Hall–Kier alpha value is -4.28. The summed E-state index contributed by atoms with van der Waals surface area (Å²) in [4.78, 5) is 26.2. The van der Waals surface area contributed by atoms with Crippen molar-refractivity contribution >= 4 is 17.7 Å². The van der Waals surface area contributed by atoms with Crippen LogP contribution in [0, 0.1) is 5.82 Å². The molecule has 1 N–H and O–H groups in total. The fourth-order valence-electron chi connectivity index (χ4n) is 3.48. The number of ketones is 1. The molecule has 1 aliphatic heterocycles. The van der Waals surface area contributed by atoms with Gasteiger partial charge in [0.1, 0.15) is 17.6 Å². The zero-order chi connectivity index (χ0) is 22.8. The molecule has 10 nitrogen and oxygen atoms in total. The summed E-state index contributed by atoms with van der Waals surface area (Å²) in [5.74, 6) is -0.781. The van der Waals surface area contributed by atoms with Gasteiger partial charge in [0.25, 0.3) is 0 Å². The van der Waals surface area contributed by atoms with Gasteiger partial charge in [-0.2, -0.15) is 4.68 Å². The highest BCUT2D eigenvalue weighted by Crippen LogP contribution is 2.39. The minimum Gasteiger partial charge on any atom is -0.493 e. The maximum atomic E-state index is 13.6. The number of rotatable bonds is 6. The highest BCUT2D eigenvalue weighted by Gasteiger charge is 2.38. The van der Waals surface area contributed by atoms with Crippen molar-refractivity contribution in [2.75, 3.05) is 26.6 Å². The molecule has 164 valence electrons. The van der Waals surface area contributed by atoms with Crippen LogP contribution in [0.3, 0.4) is 0 Å². The molecule has 0 spiro atoms. The van der Waals surface area contributed by atoms with Gasteiger partial charge in [0.05, 0.1) is 26.9 Å². The van der Waals surface area contributed by atoms with Crippen LogP contribution in [0.5, 0.6) is 11.5 Å². The summed E-state index contributed by atoms with van der Waals surface area (Å²) in [6.45, 7) is 0. The lowest BCUT2D eigenvalue weighted by atomic mass is 9.89. The number of anilines is 1. The van der Waals surface area contributed by atoms with Crippen LogP contribution in [0.2, 0.25) is 0 Å². The average Bonchev–Trinajstić information content (AvgIpc) is 3.30. The summed E-state index contributed by atoms with van der Waals surface area (Å²) in [6, 6.07) is 9.11. The van der Waals surface area contributed by atoms with Crippen LogP contribution >= 0.6 is 0 Å². The van der Waals surface area contributed by atoms with Crippen LogP contribution in [0.15, 0.2) is 53.7 Å². The van der Waals surface area contributed by atoms with Crippen LogP contribution in [0.1, 0.15) is 22.0 Å². The van der Waals surface area contributed by atoms with Crippen LogP contribution in [-0.4, -0.2) is 53.3 Å². The summed E-state index contributed by atoms with van der Waals surface area (Å²) < 4.78 is 30.4. The van der Waals surface area contributed by atoms with Crippen LogP contribution < -0.4 is 14.8 Å². The van der Waals surface area contributed by atoms with Crippen LogP contribution in [0.4, 0.5) is 10.3 Å². The lowest BCUT2D eigenvalue weighted by Crippen LogP contribution is -2.33. The molecule has 32 heavy (non-hydrogen) atoms. The Morgan fingerprint density at radius 2 is 1.75 bits per heavy atom. The lowest BCUT2D eigenvalue weighted by Gasteiger charge is -2.28. The van der Waals surface area contributed by atoms with Gasteiger partial charge >= 0.3 is 5.97 Å². The first kappa shape index (κ1) is 21.0. The van der Waals surface area contributed by atoms with E-state index in [0.717, 1.165) is 12.1 Å². The van der Waals surface area contributed by atoms with Gasteiger partial charge in [-0.25, -0.2) is 9.18 Å². The molecule has 0 saturated heterocycles. The van der Waals surface area contributed by atoms with Gasteiger partial charge in [0.2, 0.25) is 5.95 Å². The summed E-state index contributed by atoms with van der Waals surface area (Å²) in [7, 11) is 4.17. The molecule has 1 atom stereocenters. The molecule has 0 bridgehead atoms. The Bertz CT molecular complexity index is 1220. The Morgan fingerprint density at radius 1 is 1.03 bits per heavy atom. The van der Waals surface area contributed by atoms with Crippen molar-refractivity contribution in [1.29, 1.82) is 0 Å². The molecular formula is C21H18FN5O5. The molecular weight excluding hydrogens is 421 g/mol. The van der Waals surface area contributed by atoms with Crippen molar-refractivity contribution in [2.45, 2.75) is 6.04 Å². The molecule has 11 heteroatoms. The number of carbonyl (C=O) groups is 2. The van der Waals surface area contributed by atoms with E-state index in [2.05, 4.69) is 20.8 Å². The first-order valence-corrected chi connectivity index (χ1v) is 9.38. The third-order valence-electron chi connectivity index (χ3n) is 4.98. The molecule has 0 aliphatic carbocycles. The van der Waals surface area contributed by atoms with Gasteiger partial charge in [0, 0.05) is 5.56 Å². The van der Waals surface area contributed by atoms with E-state index in [1.165, 1.54) is 38.1 Å². The molecule has 4 rings (SSSR count). The smallest absolute Gasteiger partial charge is 0.355 e. The van der Waals surface area contributed by atoms with E-state index in [1.807, 2.05) is 0 Å². The number of allylic oxidation sites excluding steroid dienone is 1. The number of ether oxygens (including phenoxy) is 3. The van der Waals surface area contributed by atoms with E-state index in [4.69, 9.17) is 14.2 Å². The number of esters is 1. The number of tetrazole rings is 1. The maximum absolute atomic E-state index is 13.6. The number of nitrogens with zero attached hydrogens (tertiary/aromatic N) is 4. The SMILES string of the molecule is COC(=O)C1=C(C(=O)c2ccc(F)cc2)[C@H](c2ccc(OC)c(OC)c2)n2nnnc2N1. The molecule has 2 aromatic carbocycles. The number of hydrogen-bond acceptors (Lipinski definition) is 9. The topological polar surface area (TPSA) is 117 Å². The number of carbonyl (C=O) groups excluding carboxylic acids is 2. The molecule has 0 fully saturated rings. The normalized spacial score (nSPS) is 14.9. The summed E-state index contributed by atoms with van der Waals surface area (Å²) >= 11 is 0. The van der Waals surface area contributed by atoms with Gasteiger partial charge in [-0.05, 0) is 52.4 Å². The number of methoxy groups -OCH3 is 3. The maximum Gasteiger partial charge on any atom is 0.355 e. The molecule has 0 saturated carbocycles. The quantitative estimate of drug-likeness (QED) is 0.455. The van der Waals surface area contributed by atoms with Crippen molar-refractivity contribution in [3.63, 3.8) is 0 Å². The summed E-state index contributed by atoms with van der Waals surface area (Å²) in [6.07, 6.45) is 0. The molecule has 0 amide bonds. The predicted molar refractivity (Wildman–Crippen MR) is 109 cm³/mol. The van der Waals surface area contributed by atoms with Crippen molar-refractivity contribution in [3.8, 4) is 11.5 Å². The van der Waals surface area contributed by atoms with E-state index < -0.39 is 23.6 Å². The van der Waals surface area contributed by atoms with Crippen molar-refractivity contribution in [2.24, 2.45) is 0 Å². The Kier molecular flexibility index (Phi) is 5.54. The minimum absolute atomic E-state index is 0.0236. The monoisotopic (exact) mass is 439 g/mol. The first-order valence-electron chi connectivity index (χ1n) is 9.38. The number of benzene rings is 2. The molecule has 0 unspecified atom stereocenters. The van der Waals surface area contributed by atoms with Crippen LogP contribution in [0.25, 0.3) is 0 Å². The highest BCUT2D eigenvalue weighted by molar-refractivity contribution is 6.14. The molecule has 0 radical (unpaired) electrons. The standard InChI is InChI=1S/C21H18FN5O5/c1-30-14-9-6-12(10-15(14)31-2)18-16(19(28)11-4-7-13(22)8-5-11)17(20(29)32-3)23-21-24-25-26-27(18)21/h4-10,18H,1-3H3,(H,23,24,26)/t18-/m0/s1. The van der Waals surface area contributed by atoms with Crippen molar-refractivity contribution < 1.29 is 28.2 Å². The minimum atomic E-state index is -0.910. The van der Waals surface area contributed by atoms with Gasteiger partial charge in [-0.1, -0.05) is 11.2 Å². The molecule has 2 heterocycles. The lowest BCUT2D eigenvalue weighted by molar-refractivity contribution is -0.136. The number of aromatic nitrogens is 4. The number of hydrogen-bond donors (Lipinski definition) is 1. The third kappa shape index (κ3) is 3.53. The van der Waals surface area contributed by atoms with Gasteiger partial charge < -0.3 is 19.5 Å². The molecule has 3 aromatic rings.